The summed E-state index contributed by atoms with van der Waals surface area (Å²) in [6.07, 6.45) is 0. The van der Waals surface area contributed by atoms with Crippen LogP contribution in [-0.2, 0) is 0 Å². The van der Waals surface area contributed by atoms with Gasteiger partial charge in [0.1, 0.15) is 0 Å². The van der Waals surface area contributed by atoms with Crippen molar-refractivity contribution in [1.29, 1.82) is 0 Å². The Morgan fingerprint density at radius 2 is 1.94 bits per heavy atom. The lowest BCUT2D eigenvalue weighted by atomic mass is 10.0. The molecule has 1 aromatic carbocycles. The minimum absolute atomic E-state index is 0.125. The van der Waals surface area contributed by atoms with Gasteiger partial charge >= 0.3 is 0 Å². The van der Waals surface area contributed by atoms with E-state index >= 15 is 0 Å². The molecule has 0 N–H and O–H groups in total. The first kappa shape index (κ1) is 13.4. The van der Waals surface area contributed by atoms with E-state index in [-0.39, 0.29) is 5.38 Å². The van der Waals surface area contributed by atoms with Gasteiger partial charge in [0.2, 0.25) is 0 Å². The highest BCUT2D eigenvalue weighted by Crippen LogP contribution is 2.39. The van der Waals surface area contributed by atoms with Gasteiger partial charge in [-0.15, -0.1) is 22.9 Å². The summed E-state index contributed by atoms with van der Waals surface area (Å²) in [5, 5.41) is 2.70. The Morgan fingerprint density at radius 3 is 2.53 bits per heavy atom. The number of benzene rings is 1. The number of halogens is 3. The van der Waals surface area contributed by atoms with Crippen molar-refractivity contribution in [2.24, 2.45) is 0 Å². The highest BCUT2D eigenvalue weighted by Gasteiger charge is 2.18. The van der Waals surface area contributed by atoms with Crippen molar-refractivity contribution in [1.82, 2.24) is 0 Å². The summed E-state index contributed by atoms with van der Waals surface area (Å²) in [7, 11) is 0. The summed E-state index contributed by atoms with van der Waals surface area (Å²) >= 11 is 17.8. The van der Waals surface area contributed by atoms with E-state index in [1.165, 1.54) is 0 Å². The molecule has 1 heterocycles. The van der Waals surface area contributed by atoms with E-state index in [4.69, 9.17) is 23.2 Å². The summed E-state index contributed by atoms with van der Waals surface area (Å²) in [6.45, 7) is 4.04. The van der Waals surface area contributed by atoms with Crippen molar-refractivity contribution >= 4 is 50.5 Å². The van der Waals surface area contributed by atoms with Crippen LogP contribution < -0.4 is 0 Å². The predicted molar refractivity (Wildman–Crippen MR) is 80.6 cm³/mol. The maximum Gasteiger partial charge on any atom is 0.0941 e. The van der Waals surface area contributed by atoms with Crippen molar-refractivity contribution in [3.05, 3.63) is 54.6 Å². The van der Waals surface area contributed by atoms with Crippen molar-refractivity contribution in [2.45, 2.75) is 19.2 Å². The topological polar surface area (TPSA) is 0 Å². The minimum atomic E-state index is -0.125. The largest absolute Gasteiger partial charge is 0.146 e. The predicted octanol–water partition coefficient (Wildman–Crippen LogP) is 6.11. The number of hydrogen-bond donors (Lipinski definition) is 0. The van der Waals surface area contributed by atoms with E-state index in [0.717, 1.165) is 31.1 Å². The summed E-state index contributed by atoms with van der Waals surface area (Å²) in [5.41, 5.74) is 3.31. The maximum atomic E-state index is 6.55. The zero-order valence-electron chi connectivity index (χ0n) is 9.43. The summed E-state index contributed by atoms with van der Waals surface area (Å²) in [5.74, 6) is 0. The van der Waals surface area contributed by atoms with Crippen molar-refractivity contribution < 1.29 is 0 Å². The molecule has 2 aromatic rings. The molecule has 2 rings (SSSR count). The molecule has 90 valence electrons. The first-order chi connectivity index (χ1) is 8.00. The van der Waals surface area contributed by atoms with Gasteiger partial charge in [0.25, 0.3) is 0 Å². The third-order valence-electron chi connectivity index (χ3n) is 2.70. The summed E-state index contributed by atoms with van der Waals surface area (Å²) < 4.78 is 1.06. The van der Waals surface area contributed by atoms with Crippen LogP contribution in [0.3, 0.4) is 0 Å². The van der Waals surface area contributed by atoms with Gasteiger partial charge in [0, 0.05) is 14.4 Å². The molecule has 0 fully saturated rings. The highest BCUT2D eigenvalue weighted by atomic mass is 79.9. The average molecular weight is 350 g/mol. The van der Waals surface area contributed by atoms with Crippen LogP contribution in [0, 0.1) is 13.8 Å². The van der Waals surface area contributed by atoms with E-state index in [2.05, 4.69) is 22.0 Å². The highest BCUT2D eigenvalue weighted by molar-refractivity contribution is 9.10. The Balaban J connectivity index is 2.48. The van der Waals surface area contributed by atoms with E-state index < -0.39 is 0 Å². The molecule has 1 atom stereocenters. The van der Waals surface area contributed by atoms with Crippen LogP contribution in [0.1, 0.15) is 26.9 Å². The molecular formula is C13H11BrCl2S. The average Bonchev–Trinajstić information content (AvgIpc) is 2.69. The van der Waals surface area contributed by atoms with Crippen LogP contribution in [0.15, 0.2) is 28.1 Å². The smallest absolute Gasteiger partial charge is 0.0941 e. The fourth-order valence-electron chi connectivity index (χ4n) is 1.70. The van der Waals surface area contributed by atoms with Crippen LogP contribution in [0.4, 0.5) is 0 Å². The summed E-state index contributed by atoms with van der Waals surface area (Å²) in [6, 6.07) is 6.07. The van der Waals surface area contributed by atoms with Gasteiger partial charge in [-0.25, -0.2) is 0 Å². The summed E-state index contributed by atoms with van der Waals surface area (Å²) in [4.78, 5) is 1.14. The Bertz CT molecular complexity index is 548. The molecule has 0 saturated carbocycles. The quantitative estimate of drug-likeness (QED) is 0.574. The first-order valence-electron chi connectivity index (χ1n) is 5.14. The van der Waals surface area contributed by atoms with E-state index in [1.807, 2.05) is 31.4 Å². The number of alkyl halides is 1. The third kappa shape index (κ3) is 2.70. The maximum absolute atomic E-state index is 6.55. The molecule has 1 unspecified atom stereocenters. The number of rotatable bonds is 2. The van der Waals surface area contributed by atoms with Gasteiger partial charge in [-0.1, -0.05) is 17.7 Å². The second-order valence-electron chi connectivity index (χ2n) is 3.95. The lowest BCUT2D eigenvalue weighted by molar-refractivity contribution is 1.13. The minimum Gasteiger partial charge on any atom is -0.146 e. The molecule has 17 heavy (non-hydrogen) atoms. The Kier molecular flexibility index (Phi) is 4.19. The zero-order valence-corrected chi connectivity index (χ0v) is 13.3. The molecule has 1 aromatic heterocycles. The Hall–Kier alpha value is -0.0200. The lowest BCUT2D eigenvalue weighted by Gasteiger charge is -2.14. The van der Waals surface area contributed by atoms with E-state index in [1.54, 1.807) is 11.3 Å². The van der Waals surface area contributed by atoms with Gasteiger partial charge in [0.15, 0.2) is 0 Å². The van der Waals surface area contributed by atoms with Crippen LogP contribution >= 0.6 is 50.5 Å². The standard InChI is InChI=1S/C13H11BrCl2S/c1-7-6-11(15)8(2)5-9(7)12(16)13-10(14)3-4-17-13/h3-6,12H,1-2H3. The van der Waals surface area contributed by atoms with Crippen LogP contribution in [0.2, 0.25) is 5.02 Å². The van der Waals surface area contributed by atoms with Crippen LogP contribution in [-0.4, -0.2) is 0 Å². The van der Waals surface area contributed by atoms with Gasteiger partial charge in [0.05, 0.1) is 5.38 Å². The lowest BCUT2D eigenvalue weighted by Crippen LogP contribution is -1.96. The molecule has 4 heteroatoms. The van der Waals surface area contributed by atoms with E-state index in [9.17, 15) is 0 Å². The van der Waals surface area contributed by atoms with Gasteiger partial charge in [-0.2, -0.15) is 0 Å². The Labute approximate surface area is 124 Å². The number of thiophene rings is 1. The first-order valence-corrected chi connectivity index (χ1v) is 7.63. The van der Waals surface area contributed by atoms with Gasteiger partial charge in [-0.05, 0) is 64.0 Å². The fraction of sp³-hybridized carbons (Fsp3) is 0.231. The Morgan fingerprint density at radius 1 is 1.24 bits per heavy atom. The second-order valence-corrected chi connectivity index (χ2v) is 6.60. The molecule has 0 bridgehead atoms. The molecule has 0 spiro atoms. The zero-order chi connectivity index (χ0) is 12.6. The molecule has 0 radical (unpaired) electrons. The number of aryl methyl sites for hydroxylation is 2. The molecule has 0 aliphatic rings. The molecule has 0 nitrogen and oxygen atoms in total. The van der Waals surface area contributed by atoms with Crippen molar-refractivity contribution in [2.75, 3.05) is 0 Å². The molecule has 0 aliphatic heterocycles. The van der Waals surface area contributed by atoms with Crippen molar-refractivity contribution in [3.8, 4) is 0 Å². The molecule has 0 saturated heterocycles. The number of hydrogen-bond acceptors (Lipinski definition) is 1. The normalized spacial score (nSPS) is 12.8. The van der Waals surface area contributed by atoms with Crippen LogP contribution in [0.25, 0.3) is 0 Å². The fourth-order valence-corrected chi connectivity index (χ4v) is 4.16. The van der Waals surface area contributed by atoms with Gasteiger partial charge < -0.3 is 0 Å². The molecule has 0 aliphatic carbocycles. The van der Waals surface area contributed by atoms with Crippen LogP contribution in [0.5, 0.6) is 0 Å². The third-order valence-corrected chi connectivity index (χ3v) is 5.62. The monoisotopic (exact) mass is 348 g/mol. The SMILES string of the molecule is Cc1cc(C(Cl)c2sccc2Br)c(C)cc1Cl. The van der Waals surface area contributed by atoms with Gasteiger partial charge in [-0.3, -0.25) is 0 Å². The van der Waals surface area contributed by atoms with E-state index in [0.29, 0.717) is 0 Å². The van der Waals surface area contributed by atoms with Crippen molar-refractivity contribution in [3.63, 3.8) is 0 Å². The second kappa shape index (κ2) is 5.31. The molecular weight excluding hydrogens is 339 g/mol. The molecule has 0 amide bonds.